The maximum Gasteiger partial charge on any atom is 0.229 e. The first-order valence-corrected chi connectivity index (χ1v) is 14.2. The van der Waals surface area contributed by atoms with Gasteiger partial charge in [-0.3, -0.25) is 9.69 Å². The van der Waals surface area contributed by atoms with Crippen LogP contribution in [-0.4, -0.2) is 69.9 Å². The van der Waals surface area contributed by atoms with Gasteiger partial charge >= 0.3 is 0 Å². The van der Waals surface area contributed by atoms with Crippen LogP contribution >= 0.6 is 11.3 Å². The summed E-state index contributed by atoms with van der Waals surface area (Å²) in [6.07, 6.45) is -0.138. The van der Waals surface area contributed by atoms with Crippen LogP contribution in [0.5, 0.6) is 11.5 Å². The van der Waals surface area contributed by atoms with Crippen molar-refractivity contribution in [2.45, 2.75) is 32.1 Å². The Kier molecular flexibility index (Phi) is 9.47. The van der Waals surface area contributed by atoms with E-state index in [0.29, 0.717) is 41.8 Å². The third-order valence-corrected chi connectivity index (χ3v) is 8.52. The van der Waals surface area contributed by atoms with E-state index in [9.17, 15) is 13.2 Å². The highest BCUT2D eigenvalue weighted by atomic mass is 32.2. The quantitative estimate of drug-likeness (QED) is 0.334. The van der Waals surface area contributed by atoms with Crippen molar-refractivity contribution in [1.29, 1.82) is 0 Å². The van der Waals surface area contributed by atoms with E-state index in [-0.39, 0.29) is 23.0 Å². The fourth-order valence-electron chi connectivity index (χ4n) is 3.66. The van der Waals surface area contributed by atoms with E-state index in [2.05, 4.69) is 18.7 Å². The number of nitrogens with zero attached hydrogens (tertiary/aromatic N) is 3. The average Bonchev–Trinajstić information content (AvgIpc) is 3.30. The number of hydrogen-bond donors (Lipinski definition) is 0. The highest BCUT2D eigenvalue weighted by molar-refractivity contribution is 7.91. The van der Waals surface area contributed by atoms with Gasteiger partial charge in [0.15, 0.2) is 15.0 Å². The zero-order valence-electron chi connectivity index (χ0n) is 20.7. The molecule has 0 aliphatic heterocycles. The molecule has 3 rings (SSSR count). The van der Waals surface area contributed by atoms with Gasteiger partial charge in [-0.1, -0.05) is 31.3 Å². The van der Waals surface area contributed by atoms with Crippen molar-refractivity contribution in [2.75, 3.05) is 50.5 Å². The summed E-state index contributed by atoms with van der Waals surface area (Å²) in [5, 5.41) is 0.547. The maximum absolute atomic E-state index is 13.4. The molecule has 0 aliphatic carbocycles. The zero-order chi connectivity index (χ0) is 25.4. The molecule has 1 heterocycles. The predicted molar refractivity (Wildman–Crippen MR) is 141 cm³/mol. The van der Waals surface area contributed by atoms with Crippen LogP contribution in [0.25, 0.3) is 10.2 Å². The number of benzene rings is 2. The summed E-state index contributed by atoms with van der Waals surface area (Å²) in [5.41, 5.74) is 0.709. The summed E-state index contributed by atoms with van der Waals surface area (Å²) in [6, 6.07) is 11.9. The molecule has 2 aromatic carbocycles. The molecule has 0 atom stereocenters. The standard InChI is InChI=1S/C25H33N3O5S2/c1-5-27(6-2)16-17-28(25-26-24-21(33-7-3)9-8-10-22(24)34-25)23(29)15-18-35(30,31)20-13-11-19(32-4)12-14-20/h8-14H,5-7,15-18H2,1-4H3. The van der Waals surface area contributed by atoms with Crippen molar-refractivity contribution in [3.8, 4) is 11.5 Å². The Balaban J connectivity index is 1.84. The van der Waals surface area contributed by atoms with E-state index in [0.717, 1.165) is 17.8 Å². The fourth-order valence-corrected chi connectivity index (χ4v) is 5.92. The first kappa shape index (κ1) is 26.9. The highest BCUT2D eigenvalue weighted by Crippen LogP contribution is 2.34. The minimum absolute atomic E-state index is 0.138. The van der Waals surface area contributed by atoms with Crippen molar-refractivity contribution < 1.29 is 22.7 Å². The number of sulfone groups is 1. The molecular weight excluding hydrogens is 486 g/mol. The third kappa shape index (κ3) is 6.71. The molecule has 0 saturated carbocycles. The van der Waals surface area contributed by atoms with Gasteiger partial charge in [0.2, 0.25) is 5.91 Å². The number of hydrogen-bond acceptors (Lipinski definition) is 8. The zero-order valence-corrected chi connectivity index (χ0v) is 22.3. The van der Waals surface area contributed by atoms with Crippen molar-refractivity contribution in [3.63, 3.8) is 0 Å². The number of likely N-dealkylation sites (N-methyl/N-ethyl adjacent to an activating group) is 1. The molecular formula is C25H33N3O5S2. The number of ether oxygens (including phenoxy) is 2. The second-order valence-corrected chi connectivity index (χ2v) is 11.0. The number of carbonyl (C=O) groups is 1. The van der Waals surface area contributed by atoms with Crippen LogP contribution in [0.15, 0.2) is 47.4 Å². The van der Waals surface area contributed by atoms with Gasteiger partial charge in [-0.15, -0.1) is 0 Å². The summed E-state index contributed by atoms with van der Waals surface area (Å²) < 4.78 is 37.4. The van der Waals surface area contributed by atoms with E-state index in [4.69, 9.17) is 14.5 Å². The molecule has 1 aromatic heterocycles. The predicted octanol–water partition coefficient (Wildman–Crippen LogP) is 4.24. The summed E-state index contributed by atoms with van der Waals surface area (Å²) in [7, 11) is -2.10. The summed E-state index contributed by atoms with van der Waals surface area (Å²) in [4.78, 5) is 22.1. The van der Waals surface area contributed by atoms with Gasteiger partial charge in [-0.25, -0.2) is 13.4 Å². The molecule has 0 unspecified atom stereocenters. The van der Waals surface area contributed by atoms with Crippen molar-refractivity contribution in [3.05, 3.63) is 42.5 Å². The Morgan fingerprint density at radius 1 is 1.03 bits per heavy atom. The lowest BCUT2D eigenvalue weighted by molar-refractivity contribution is -0.118. The molecule has 35 heavy (non-hydrogen) atoms. The number of rotatable bonds is 13. The fraction of sp³-hybridized carbons (Fsp3) is 0.440. The maximum atomic E-state index is 13.4. The number of para-hydroxylation sites is 1. The van der Waals surface area contributed by atoms with Gasteiger partial charge in [0.05, 0.1) is 29.1 Å². The Morgan fingerprint density at radius 2 is 1.74 bits per heavy atom. The number of methoxy groups -OCH3 is 1. The molecule has 3 aromatic rings. The molecule has 10 heteroatoms. The Hall–Kier alpha value is -2.69. The number of fused-ring (bicyclic) bond motifs is 1. The number of carbonyl (C=O) groups excluding carboxylic acids is 1. The SMILES string of the molecule is CCOc1cccc2sc(N(CCN(CC)CC)C(=O)CCS(=O)(=O)c3ccc(OC)cc3)nc12. The van der Waals surface area contributed by atoms with Gasteiger partial charge in [-0.05, 0) is 56.4 Å². The van der Waals surface area contributed by atoms with Gasteiger partial charge < -0.3 is 14.4 Å². The third-order valence-electron chi connectivity index (χ3n) is 5.74. The number of thiazole rings is 1. The van der Waals surface area contributed by atoms with Gasteiger partial charge in [0.1, 0.15) is 17.0 Å². The van der Waals surface area contributed by atoms with Crippen LogP contribution in [0.3, 0.4) is 0 Å². The topological polar surface area (TPSA) is 89.0 Å². The van der Waals surface area contributed by atoms with Crippen molar-refractivity contribution in [2.24, 2.45) is 0 Å². The molecule has 0 fully saturated rings. The van der Waals surface area contributed by atoms with E-state index in [1.54, 1.807) is 17.0 Å². The summed E-state index contributed by atoms with van der Waals surface area (Å²) in [5.74, 6) is 0.691. The lowest BCUT2D eigenvalue weighted by Gasteiger charge is -2.24. The molecule has 0 aliphatic rings. The lowest BCUT2D eigenvalue weighted by Crippen LogP contribution is -2.39. The summed E-state index contributed by atoms with van der Waals surface area (Å²) in [6.45, 7) is 9.38. The van der Waals surface area contributed by atoms with E-state index in [1.165, 1.54) is 30.6 Å². The smallest absolute Gasteiger partial charge is 0.229 e. The monoisotopic (exact) mass is 519 g/mol. The molecule has 0 spiro atoms. The number of aromatic nitrogens is 1. The minimum Gasteiger partial charge on any atom is -0.497 e. The normalized spacial score (nSPS) is 11.7. The van der Waals surface area contributed by atoms with E-state index >= 15 is 0 Å². The largest absolute Gasteiger partial charge is 0.497 e. The Bertz CT molecular complexity index is 1220. The molecule has 190 valence electrons. The number of amides is 1. The van der Waals surface area contributed by atoms with Gasteiger partial charge in [-0.2, -0.15) is 0 Å². The second kappa shape index (κ2) is 12.3. The second-order valence-electron chi connectivity index (χ2n) is 7.85. The Morgan fingerprint density at radius 3 is 2.37 bits per heavy atom. The molecule has 0 N–H and O–H groups in total. The van der Waals surface area contributed by atoms with E-state index < -0.39 is 9.84 Å². The molecule has 0 saturated heterocycles. The first-order valence-electron chi connectivity index (χ1n) is 11.7. The number of anilines is 1. The van der Waals surface area contributed by atoms with Crippen LogP contribution < -0.4 is 14.4 Å². The van der Waals surface area contributed by atoms with Crippen molar-refractivity contribution in [1.82, 2.24) is 9.88 Å². The first-order chi connectivity index (χ1) is 16.8. The molecule has 1 amide bonds. The van der Waals surface area contributed by atoms with Crippen LogP contribution in [0.1, 0.15) is 27.2 Å². The lowest BCUT2D eigenvalue weighted by atomic mass is 10.3. The summed E-state index contributed by atoms with van der Waals surface area (Å²) >= 11 is 1.41. The average molecular weight is 520 g/mol. The van der Waals surface area contributed by atoms with Crippen LogP contribution in [0.4, 0.5) is 5.13 Å². The van der Waals surface area contributed by atoms with Crippen LogP contribution in [0, 0.1) is 0 Å². The van der Waals surface area contributed by atoms with Crippen LogP contribution in [-0.2, 0) is 14.6 Å². The highest BCUT2D eigenvalue weighted by Gasteiger charge is 2.24. The van der Waals surface area contributed by atoms with Gasteiger partial charge in [0, 0.05) is 19.5 Å². The Labute approximate surface area is 211 Å². The van der Waals surface area contributed by atoms with Crippen LogP contribution in [0.2, 0.25) is 0 Å². The van der Waals surface area contributed by atoms with Gasteiger partial charge in [0.25, 0.3) is 0 Å². The molecule has 8 nitrogen and oxygen atoms in total. The van der Waals surface area contributed by atoms with Crippen molar-refractivity contribution >= 4 is 42.4 Å². The van der Waals surface area contributed by atoms with E-state index in [1.807, 2.05) is 25.1 Å². The molecule has 0 bridgehead atoms. The molecule has 0 radical (unpaired) electrons. The minimum atomic E-state index is -3.63.